The van der Waals surface area contributed by atoms with Gasteiger partial charge in [0.1, 0.15) is 0 Å². The van der Waals surface area contributed by atoms with Gasteiger partial charge < -0.3 is 18.8 Å². The number of carbonyl (C=O) groups excluding carboxylic acids is 1. The zero-order chi connectivity index (χ0) is 29.3. The van der Waals surface area contributed by atoms with Gasteiger partial charge in [-0.2, -0.15) is 0 Å². The van der Waals surface area contributed by atoms with Crippen LogP contribution in [0, 0.1) is 0 Å². The van der Waals surface area contributed by atoms with Crippen LogP contribution >= 0.6 is 11.3 Å². The second-order valence-corrected chi connectivity index (χ2v) is 11.2. The van der Waals surface area contributed by atoms with Crippen LogP contribution in [0.3, 0.4) is 0 Å². The number of hydrogen-bond donors (Lipinski definition) is 0. The second kappa shape index (κ2) is 11.8. The summed E-state index contributed by atoms with van der Waals surface area (Å²) in [5.41, 5.74) is 3.41. The lowest BCUT2D eigenvalue weighted by atomic mass is 9.95. The standard InChI is InChI=1S/C32H35N3O5S/c1-7-15-34-18-22(23-11-9-10-12-24(23)34)17-27-30(36)35-29(21-13-14-25(40-19(3)4)26(16-21)38-6)28(31(37)39-8-2)20(5)33-32(35)41-27/h9-14,16-19,29H,7-8,15H2,1-6H3. The van der Waals surface area contributed by atoms with Crippen LogP contribution in [0.4, 0.5) is 0 Å². The number of fused-ring (bicyclic) bond motifs is 2. The van der Waals surface area contributed by atoms with Crippen LogP contribution in [-0.4, -0.2) is 34.9 Å². The first-order valence-electron chi connectivity index (χ1n) is 13.9. The Kier molecular flexibility index (Phi) is 8.17. The summed E-state index contributed by atoms with van der Waals surface area (Å²) in [6.45, 7) is 10.7. The fourth-order valence-electron chi connectivity index (χ4n) is 5.27. The summed E-state index contributed by atoms with van der Waals surface area (Å²) < 4.78 is 21.3. The first-order chi connectivity index (χ1) is 19.8. The maximum absolute atomic E-state index is 14.1. The Bertz CT molecular complexity index is 1830. The van der Waals surface area contributed by atoms with E-state index in [1.807, 2.05) is 50.3 Å². The zero-order valence-corrected chi connectivity index (χ0v) is 25.1. The van der Waals surface area contributed by atoms with Crippen molar-refractivity contribution in [2.75, 3.05) is 13.7 Å². The maximum Gasteiger partial charge on any atom is 0.338 e. The maximum atomic E-state index is 14.1. The molecule has 0 amide bonds. The van der Waals surface area contributed by atoms with Gasteiger partial charge in [-0.05, 0) is 64.0 Å². The number of methoxy groups -OCH3 is 1. The van der Waals surface area contributed by atoms with E-state index in [1.165, 1.54) is 11.3 Å². The molecular formula is C32H35N3O5S. The van der Waals surface area contributed by atoms with Crippen LogP contribution in [0.1, 0.15) is 58.2 Å². The quantitative estimate of drug-likeness (QED) is 0.265. The van der Waals surface area contributed by atoms with Crippen LogP contribution in [0.25, 0.3) is 17.0 Å². The summed E-state index contributed by atoms with van der Waals surface area (Å²) in [7, 11) is 1.57. The van der Waals surface area contributed by atoms with Crippen molar-refractivity contribution in [3.05, 3.63) is 90.7 Å². The van der Waals surface area contributed by atoms with Crippen molar-refractivity contribution < 1.29 is 19.0 Å². The Morgan fingerprint density at radius 2 is 1.93 bits per heavy atom. The van der Waals surface area contributed by atoms with E-state index in [-0.39, 0.29) is 18.3 Å². The van der Waals surface area contributed by atoms with Gasteiger partial charge in [-0.25, -0.2) is 9.79 Å². The van der Waals surface area contributed by atoms with E-state index in [9.17, 15) is 9.59 Å². The average molecular weight is 574 g/mol. The Morgan fingerprint density at radius 3 is 2.63 bits per heavy atom. The molecule has 0 saturated carbocycles. The molecule has 0 fully saturated rings. The molecule has 8 nitrogen and oxygen atoms in total. The fraction of sp³-hybridized carbons (Fsp3) is 0.344. The molecular weight excluding hydrogens is 538 g/mol. The van der Waals surface area contributed by atoms with E-state index in [0.717, 1.165) is 29.4 Å². The highest BCUT2D eigenvalue weighted by Gasteiger charge is 2.34. The molecule has 2 aromatic heterocycles. The summed E-state index contributed by atoms with van der Waals surface area (Å²) >= 11 is 1.32. The topological polar surface area (TPSA) is 84.0 Å². The number of nitrogens with zero attached hydrogens (tertiary/aromatic N) is 3. The lowest BCUT2D eigenvalue weighted by Gasteiger charge is -2.25. The Morgan fingerprint density at radius 1 is 1.15 bits per heavy atom. The number of aryl methyl sites for hydroxylation is 1. The molecule has 3 heterocycles. The minimum Gasteiger partial charge on any atom is -0.493 e. The van der Waals surface area contributed by atoms with Crippen LogP contribution < -0.4 is 24.4 Å². The largest absolute Gasteiger partial charge is 0.493 e. The number of hydrogen-bond acceptors (Lipinski definition) is 7. The SMILES string of the molecule is CCCn1cc(C=c2sc3n(c2=O)C(c2ccc(OC(C)C)c(OC)c2)C(C(=O)OCC)=C(C)N=3)c2ccccc21. The van der Waals surface area contributed by atoms with E-state index in [1.54, 1.807) is 25.5 Å². The van der Waals surface area contributed by atoms with Gasteiger partial charge in [-0.15, -0.1) is 0 Å². The molecule has 9 heteroatoms. The molecule has 0 saturated heterocycles. The van der Waals surface area contributed by atoms with E-state index < -0.39 is 12.0 Å². The number of rotatable bonds is 9. The number of thiazole rings is 1. The van der Waals surface area contributed by atoms with Crippen molar-refractivity contribution >= 4 is 34.3 Å². The van der Waals surface area contributed by atoms with Gasteiger partial charge in [0, 0.05) is 29.2 Å². The summed E-state index contributed by atoms with van der Waals surface area (Å²) in [5, 5.41) is 1.08. The number of esters is 1. The first-order valence-corrected chi connectivity index (χ1v) is 14.7. The first kappa shape index (κ1) is 28.4. The number of ether oxygens (including phenoxy) is 3. The van der Waals surface area contributed by atoms with Gasteiger partial charge in [0.05, 0.1) is 41.7 Å². The monoisotopic (exact) mass is 573 g/mol. The van der Waals surface area contributed by atoms with Gasteiger partial charge >= 0.3 is 5.97 Å². The number of carbonyl (C=O) groups is 1. The zero-order valence-electron chi connectivity index (χ0n) is 24.3. The van der Waals surface area contributed by atoms with Gasteiger partial charge in [0.2, 0.25) is 0 Å². The molecule has 4 aromatic rings. The van der Waals surface area contributed by atoms with E-state index >= 15 is 0 Å². The number of aromatic nitrogens is 2. The second-order valence-electron chi connectivity index (χ2n) is 10.2. The Labute approximate surface area is 242 Å². The van der Waals surface area contributed by atoms with Gasteiger partial charge in [-0.1, -0.05) is 42.5 Å². The molecule has 0 bridgehead atoms. The molecule has 1 atom stereocenters. The number of allylic oxidation sites excluding steroid dienone is 1. The smallest absolute Gasteiger partial charge is 0.338 e. The molecule has 214 valence electrons. The normalized spacial score (nSPS) is 15.3. The van der Waals surface area contributed by atoms with Gasteiger partial charge in [-0.3, -0.25) is 9.36 Å². The summed E-state index contributed by atoms with van der Waals surface area (Å²) in [4.78, 5) is 32.6. The highest BCUT2D eigenvalue weighted by Crippen LogP contribution is 2.36. The summed E-state index contributed by atoms with van der Waals surface area (Å²) in [5.74, 6) is 0.595. The highest BCUT2D eigenvalue weighted by molar-refractivity contribution is 7.07. The molecule has 41 heavy (non-hydrogen) atoms. The van der Waals surface area contributed by atoms with E-state index in [0.29, 0.717) is 37.7 Å². The molecule has 1 aliphatic rings. The number of benzene rings is 2. The molecule has 5 rings (SSSR count). The lowest BCUT2D eigenvalue weighted by molar-refractivity contribution is -0.139. The third kappa shape index (κ3) is 5.34. The molecule has 0 radical (unpaired) electrons. The van der Waals surface area contributed by atoms with Gasteiger partial charge in [0.25, 0.3) is 5.56 Å². The van der Waals surface area contributed by atoms with E-state index in [4.69, 9.17) is 19.2 Å². The minimum absolute atomic E-state index is 0.0482. The van der Waals surface area contributed by atoms with Crippen LogP contribution in [-0.2, 0) is 16.1 Å². The van der Waals surface area contributed by atoms with Crippen molar-refractivity contribution in [2.24, 2.45) is 4.99 Å². The van der Waals surface area contributed by atoms with Crippen LogP contribution in [0.5, 0.6) is 11.5 Å². The fourth-order valence-corrected chi connectivity index (χ4v) is 6.31. The van der Waals surface area contributed by atoms with Crippen molar-refractivity contribution in [1.29, 1.82) is 0 Å². The van der Waals surface area contributed by atoms with Crippen LogP contribution in [0.2, 0.25) is 0 Å². The molecule has 0 N–H and O–H groups in total. The molecule has 1 unspecified atom stereocenters. The third-order valence-electron chi connectivity index (χ3n) is 6.95. The van der Waals surface area contributed by atoms with Crippen molar-refractivity contribution in [3.63, 3.8) is 0 Å². The predicted octanol–water partition coefficient (Wildman–Crippen LogP) is 4.96. The van der Waals surface area contributed by atoms with E-state index in [2.05, 4.69) is 29.8 Å². The predicted molar refractivity (Wildman–Crippen MR) is 161 cm³/mol. The highest BCUT2D eigenvalue weighted by atomic mass is 32.1. The molecule has 1 aliphatic heterocycles. The number of para-hydroxylation sites is 1. The van der Waals surface area contributed by atoms with Gasteiger partial charge in [0.15, 0.2) is 16.3 Å². The van der Waals surface area contributed by atoms with Crippen molar-refractivity contribution in [1.82, 2.24) is 9.13 Å². The molecule has 0 spiro atoms. The molecule has 2 aromatic carbocycles. The van der Waals surface area contributed by atoms with Crippen LogP contribution in [0.15, 0.2) is 69.7 Å². The third-order valence-corrected chi connectivity index (χ3v) is 7.94. The lowest BCUT2D eigenvalue weighted by Crippen LogP contribution is -2.40. The molecule has 0 aliphatic carbocycles. The minimum atomic E-state index is -0.740. The summed E-state index contributed by atoms with van der Waals surface area (Å²) in [6, 6.07) is 12.9. The average Bonchev–Trinajstić information content (AvgIpc) is 3.44. The van der Waals surface area contributed by atoms with Crippen molar-refractivity contribution in [3.8, 4) is 11.5 Å². The summed E-state index contributed by atoms with van der Waals surface area (Å²) in [6.07, 6.45) is 4.98. The Balaban J connectivity index is 1.72. The Hall–Kier alpha value is -4.11. The van der Waals surface area contributed by atoms with Crippen molar-refractivity contribution in [2.45, 2.75) is 59.7 Å².